The van der Waals surface area contributed by atoms with Gasteiger partial charge >= 0.3 is 0 Å². The van der Waals surface area contributed by atoms with E-state index in [1.165, 1.54) is 11.3 Å². The second-order valence-electron chi connectivity index (χ2n) is 8.83. The highest BCUT2D eigenvalue weighted by Gasteiger charge is 2.46. The predicted molar refractivity (Wildman–Crippen MR) is 112 cm³/mol. The van der Waals surface area contributed by atoms with Gasteiger partial charge in [0.1, 0.15) is 16.0 Å². The fourth-order valence-corrected chi connectivity index (χ4v) is 6.33. The topological polar surface area (TPSA) is 78.2 Å². The molecular formula is C21H27N5O3S. The number of rotatable bonds is 4. The number of thiazole rings is 1. The van der Waals surface area contributed by atoms with Gasteiger partial charge < -0.3 is 14.7 Å². The molecule has 160 valence electrons. The average Bonchev–Trinajstić information content (AvgIpc) is 3.49. The minimum absolute atomic E-state index is 0.0880. The summed E-state index contributed by atoms with van der Waals surface area (Å²) in [6.07, 6.45) is 4.79. The van der Waals surface area contributed by atoms with E-state index in [0.29, 0.717) is 51.0 Å². The van der Waals surface area contributed by atoms with Crippen LogP contribution in [0.15, 0.2) is 12.5 Å². The zero-order valence-electron chi connectivity index (χ0n) is 17.4. The molecule has 2 aromatic rings. The second kappa shape index (κ2) is 7.37. The van der Waals surface area contributed by atoms with Crippen LogP contribution in [0.5, 0.6) is 0 Å². The molecule has 1 unspecified atom stereocenters. The number of carbonyl (C=O) groups excluding carboxylic acids is 3. The van der Waals surface area contributed by atoms with Gasteiger partial charge in [-0.15, -0.1) is 11.3 Å². The Hall–Kier alpha value is -2.42. The molecule has 3 aliphatic heterocycles. The standard InChI is InChI=1S/C21H27N5O3S/c1-3-4-23-7-14(5-17(23)27)20(28)24-8-15-10-25(11-16(15)9-24)21(29)19-13(2)26-12-22-6-18(26)30-19/h6,12,14-16H,3-5,7-11H2,1-2H3/t14?,15-,16+. The van der Waals surface area contributed by atoms with Crippen molar-refractivity contribution in [3.8, 4) is 0 Å². The van der Waals surface area contributed by atoms with Gasteiger partial charge in [0.2, 0.25) is 11.8 Å². The molecular weight excluding hydrogens is 402 g/mol. The molecule has 3 aliphatic rings. The van der Waals surface area contributed by atoms with Gasteiger partial charge in [0.05, 0.1) is 12.1 Å². The predicted octanol–water partition coefficient (Wildman–Crippen LogP) is 1.49. The first kappa shape index (κ1) is 19.5. The fourth-order valence-electron chi connectivity index (χ4n) is 5.26. The van der Waals surface area contributed by atoms with Gasteiger partial charge in [-0.2, -0.15) is 0 Å². The summed E-state index contributed by atoms with van der Waals surface area (Å²) in [4.78, 5) is 49.8. The lowest BCUT2D eigenvalue weighted by Gasteiger charge is -2.24. The molecule has 3 amide bonds. The summed E-state index contributed by atoms with van der Waals surface area (Å²) in [5, 5.41) is 0. The number of aryl methyl sites for hydroxylation is 1. The van der Waals surface area contributed by atoms with Crippen LogP contribution in [-0.2, 0) is 9.59 Å². The number of hydrogen-bond acceptors (Lipinski definition) is 5. The van der Waals surface area contributed by atoms with Gasteiger partial charge in [0.15, 0.2) is 0 Å². The number of likely N-dealkylation sites (tertiary alicyclic amines) is 3. The molecule has 5 heterocycles. The number of hydrogen-bond donors (Lipinski definition) is 0. The zero-order valence-corrected chi connectivity index (χ0v) is 18.2. The Morgan fingerprint density at radius 2 is 1.83 bits per heavy atom. The van der Waals surface area contributed by atoms with Crippen LogP contribution in [0.1, 0.15) is 35.1 Å². The summed E-state index contributed by atoms with van der Waals surface area (Å²) in [5.74, 6) is 0.761. The minimum atomic E-state index is -0.202. The molecule has 9 heteroatoms. The Balaban J connectivity index is 1.21. The lowest BCUT2D eigenvalue weighted by Crippen LogP contribution is -2.39. The Morgan fingerprint density at radius 3 is 2.50 bits per heavy atom. The van der Waals surface area contributed by atoms with E-state index in [4.69, 9.17) is 0 Å². The molecule has 0 aliphatic carbocycles. The average molecular weight is 430 g/mol. The molecule has 3 fully saturated rings. The molecule has 5 rings (SSSR count). The highest BCUT2D eigenvalue weighted by atomic mass is 32.1. The van der Waals surface area contributed by atoms with E-state index < -0.39 is 0 Å². The van der Waals surface area contributed by atoms with Crippen molar-refractivity contribution in [1.29, 1.82) is 0 Å². The van der Waals surface area contributed by atoms with Crippen LogP contribution in [0, 0.1) is 24.7 Å². The van der Waals surface area contributed by atoms with E-state index in [1.807, 2.05) is 32.9 Å². The van der Waals surface area contributed by atoms with Gasteiger partial charge in [0.25, 0.3) is 5.91 Å². The molecule has 0 saturated carbocycles. The summed E-state index contributed by atoms with van der Waals surface area (Å²) < 4.78 is 1.96. The number of amides is 3. The summed E-state index contributed by atoms with van der Waals surface area (Å²) in [5.41, 5.74) is 0.939. The fraction of sp³-hybridized carbons (Fsp3) is 0.619. The normalized spacial score (nSPS) is 26.3. The third-order valence-electron chi connectivity index (χ3n) is 6.84. The van der Waals surface area contributed by atoms with E-state index in [-0.39, 0.29) is 23.6 Å². The number of aromatic nitrogens is 2. The molecule has 0 bridgehead atoms. The van der Waals surface area contributed by atoms with Crippen LogP contribution >= 0.6 is 11.3 Å². The number of imidazole rings is 1. The summed E-state index contributed by atoms with van der Waals surface area (Å²) in [7, 11) is 0. The maximum absolute atomic E-state index is 13.1. The third-order valence-corrected chi connectivity index (χ3v) is 8.02. The first-order valence-electron chi connectivity index (χ1n) is 10.7. The van der Waals surface area contributed by atoms with Crippen molar-refractivity contribution in [2.24, 2.45) is 17.8 Å². The smallest absolute Gasteiger partial charge is 0.265 e. The second-order valence-corrected chi connectivity index (χ2v) is 9.86. The van der Waals surface area contributed by atoms with E-state index in [2.05, 4.69) is 4.98 Å². The summed E-state index contributed by atoms with van der Waals surface area (Å²) >= 11 is 1.49. The number of nitrogens with zero attached hydrogens (tertiary/aromatic N) is 5. The van der Waals surface area contributed by atoms with Crippen LogP contribution in [0.4, 0.5) is 0 Å². The van der Waals surface area contributed by atoms with Crippen LogP contribution in [0.3, 0.4) is 0 Å². The van der Waals surface area contributed by atoms with Gasteiger partial charge in [0, 0.05) is 63.2 Å². The van der Waals surface area contributed by atoms with Crippen molar-refractivity contribution in [2.45, 2.75) is 26.7 Å². The van der Waals surface area contributed by atoms with E-state index in [9.17, 15) is 14.4 Å². The van der Waals surface area contributed by atoms with E-state index >= 15 is 0 Å². The highest BCUT2D eigenvalue weighted by molar-refractivity contribution is 7.19. The molecule has 0 aromatic carbocycles. The number of carbonyl (C=O) groups is 3. The quantitative estimate of drug-likeness (QED) is 0.738. The number of fused-ring (bicyclic) bond motifs is 2. The molecule has 0 N–H and O–H groups in total. The zero-order chi connectivity index (χ0) is 21.0. The Bertz CT molecular complexity index is 1000. The minimum Gasteiger partial charge on any atom is -0.342 e. The van der Waals surface area contributed by atoms with Crippen LogP contribution in [-0.4, -0.2) is 81.1 Å². The third kappa shape index (κ3) is 3.10. The molecule has 3 atom stereocenters. The van der Waals surface area contributed by atoms with Crippen molar-refractivity contribution in [3.63, 3.8) is 0 Å². The van der Waals surface area contributed by atoms with Crippen molar-refractivity contribution < 1.29 is 14.4 Å². The van der Waals surface area contributed by atoms with Crippen molar-refractivity contribution in [2.75, 3.05) is 39.3 Å². The maximum Gasteiger partial charge on any atom is 0.265 e. The molecule has 0 radical (unpaired) electrons. The molecule has 3 saturated heterocycles. The first-order valence-corrected chi connectivity index (χ1v) is 11.5. The molecule has 0 spiro atoms. The summed E-state index contributed by atoms with van der Waals surface area (Å²) in [6.45, 7) is 8.09. The monoisotopic (exact) mass is 429 g/mol. The highest BCUT2D eigenvalue weighted by Crippen LogP contribution is 2.35. The maximum atomic E-state index is 13.1. The lowest BCUT2D eigenvalue weighted by atomic mass is 10.0. The van der Waals surface area contributed by atoms with Crippen LogP contribution in [0.25, 0.3) is 4.83 Å². The van der Waals surface area contributed by atoms with Crippen molar-refractivity contribution in [3.05, 3.63) is 23.1 Å². The summed E-state index contributed by atoms with van der Waals surface area (Å²) in [6, 6.07) is 0. The van der Waals surface area contributed by atoms with Crippen molar-refractivity contribution in [1.82, 2.24) is 24.1 Å². The van der Waals surface area contributed by atoms with Gasteiger partial charge in [-0.05, 0) is 13.3 Å². The van der Waals surface area contributed by atoms with Gasteiger partial charge in [-0.3, -0.25) is 18.8 Å². The van der Waals surface area contributed by atoms with Crippen LogP contribution in [0.2, 0.25) is 0 Å². The first-order chi connectivity index (χ1) is 14.5. The van der Waals surface area contributed by atoms with Gasteiger partial charge in [-0.1, -0.05) is 6.92 Å². The Morgan fingerprint density at radius 1 is 1.13 bits per heavy atom. The Kier molecular flexibility index (Phi) is 4.80. The van der Waals surface area contributed by atoms with Crippen LogP contribution < -0.4 is 0 Å². The van der Waals surface area contributed by atoms with Crippen molar-refractivity contribution >= 4 is 33.9 Å². The molecule has 8 nitrogen and oxygen atoms in total. The van der Waals surface area contributed by atoms with E-state index in [1.54, 1.807) is 12.5 Å². The SMILES string of the molecule is CCCN1CC(C(=O)N2C[C@H]3CN(C(=O)c4sc5cncn5c4C)C[C@H]3C2)CC1=O. The molecule has 2 aromatic heterocycles. The van der Waals surface area contributed by atoms with Gasteiger partial charge in [-0.25, -0.2) is 4.98 Å². The molecule has 30 heavy (non-hydrogen) atoms. The largest absolute Gasteiger partial charge is 0.342 e. The Labute approximate surface area is 179 Å². The van der Waals surface area contributed by atoms with E-state index in [0.717, 1.165) is 28.4 Å². The lowest BCUT2D eigenvalue weighted by molar-refractivity contribution is -0.135.